The highest BCUT2D eigenvalue weighted by atomic mass is 35.5. The van der Waals surface area contributed by atoms with Crippen molar-refractivity contribution in [3.63, 3.8) is 0 Å². The Bertz CT molecular complexity index is 949. The van der Waals surface area contributed by atoms with E-state index >= 15 is 4.39 Å². The van der Waals surface area contributed by atoms with Crippen LogP contribution in [0, 0.1) is 34.5 Å². The van der Waals surface area contributed by atoms with Crippen LogP contribution in [0.15, 0.2) is 16.8 Å². The Morgan fingerprint density at radius 1 is 1.35 bits per heavy atom. The van der Waals surface area contributed by atoms with Crippen molar-refractivity contribution < 1.29 is 24.1 Å². The normalized spacial score (nSPS) is 52.9. The topological polar surface area (TPSA) is 72.9 Å². The maximum atomic E-state index is 17.4. The number of nitrogens with zero attached hydrogens (tertiary/aromatic N) is 2. The fourth-order valence-electron chi connectivity index (χ4n) is 8.44. The minimum atomic E-state index is -1.81. The van der Waals surface area contributed by atoms with Gasteiger partial charge in [0.15, 0.2) is 19.0 Å². The number of hydrogen-bond donors (Lipinski definition) is 2. The summed E-state index contributed by atoms with van der Waals surface area (Å²) in [7, 11) is 1.89. The van der Waals surface area contributed by atoms with Crippen LogP contribution in [0.25, 0.3) is 0 Å². The summed E-state index contributed by atoms with van der Waals surface area (Å²) in [6.45, 7) is 5.70. The maximum absolute atomic E-state index is 17.4. The van der Waals surface area contributed by atoms with Crippen LogP contribution in [-0.4, -0.2) is 62.9 Å². The van der Waals surface area contributed by atoms with Gasteiger partial charge in [-0.25, -0.2) is 4.39 Å². The summed E-state index contributed by atoms with van der Waals surface area (Å²) in [5.74, 6) is -1.56. The highest BCUT2D eigenvalue weighted by Crippen LogP contribution is 2.71. The van der Waals surface area contributed by atoms with Crippen molar-refractivity contribution in [1.29, 1.82) is 0 Å². The number of halogens is 2. The first kappa shape index (κ1) is 21.7. The first-order chi connectivity index (χ1) is 14.4. The van der Waals surface area contributed by atoms with Gasteiger partial charge in [-0.15, -0.1) is 11.6 Å². The third-order valence-electron chi connectivity index (χ3n) is 9.96. The Hall–Kier alpha value is -1.11. The standard InChI is InChI=1S/C24H33ClFN2O3/c1-13-7-17-16-6-5-15-8-18-14(12-28(4)27-18)9-21(15,2)23(16,26)19(29)10-22(17,3)24(13,31)20(30)11-25/h8,12-14,16-17,19,29,31H,5-7,9-11H2,1-4H3/q+1/t13-,14?,16-,17-,19-,21-,22-,23-,24-/m0/s1. The lowest BCUT2D eigenvalue weighted by Crippen LogP contribution is -2.70. The number of ketones is 1. The molecule has 0 bridgehead atoms. The van der Waals surface area contributed by atoms with Crippen LogP contribution in [0.2, 0.25) is 0 Å². The van der Waals surface area contributed by atoms with Crippen LogP contribution in [0.3, 0.4) is 0 Å². The van der Waals surface area contributed by atoms with Gasteiger partial charge in [-0.1, -0.05) is 31.0 Å². The van der Waals surface area contributed by atoms with E-state index < -0.39 is 39.9 Å². The molecule has 9 atom stereocenters. The average Bonchev–Trinajstić information content (AvgIpc) is 3.15. The second-order valence-electron chi connectivity index (χ2n) is 11.2. The monoisotopic (exact) mass is 451 g/mol. The minimum absolute atomic E-state index is 0.0443. The van der Waals surface area contributed by atoms with E-state index in [0.717, 1.165) is 17.7 Å². The van der Waals surface area contributed by atoms with Crippen LogP contribution >= 0.6 is 11.6 Å². The van der Waals surface area contributed by atoms with Crippen molar-refractivity contribution in [2.45, 2.75) is 70.2 Å². The summed E-state index contributed by atoms with van der Waals surface area (Å²) >= 11 is 5.89. The number of carbonyl (C=O) groups is 1. The van der Waals surface area contributed by atoms with E-state index in [2.05, 4.69) is 11.2 Å². The fourth-order valence-corrected chi connectivity index (χ4v) is 8.64. The number of alkyl halides is 2. The second-order valence-corrected chi connectivity index (χ2v) is 11.4. The van der Waals surface area contributed by atoms with Gasteiger partial charge in [0.25, 0.3) is 0 Å². The second kappa shape index (κ2) is 6.48. The third-order valence-corrected chi connectivity index (χ3v) is 10.2. The maximum Gasteiger partial charge on any atom is 0.181 e. The smallest absolute Gasteiger partial charge is 0.181 e. The summed E-state index contributed by atoms with van der Waals surface area (Å²) < 4.78 is 19.2. The molecule has 170 valence electrons. The summed E-state index contributed by atoms with van der Waals surface area (Å²) in [5, 5.41) is 27.6. The summed E-state index contributed by atoms with van der Waals surface area (Å²) in [5.41, 5.74) is -3.13. The van der Waals surface area contributed by atoms with Gasteiger partial charge >= 0.3 is 0 Å². The van der Waals surface area contributed by atoms with Crippen molar-refractivity contribution in [3.05, 3.63) is 11.6 Å². The number of fused-ring (bicyclic) bond motifs is 6. The predicted molar refractivity (Wildman–Crippen MR) is 117 cm³/mol. The summed E-state index contributed by atoms with van der Waals surface area (Å²) in [6, 6.07) is 0. The van der Waals surface area contributed by atoms with E-state index in [4.69, 9.17) is 11.6 Å². The van der Waals surface area contributed by atoms with Crippen molar-refractivity contribution in [2.24, 2.45) is 39.6 Å². The molecule has 0 radical (unpaired) electrons. The molecule has 5 nitrogen and oxygen atoms in total. The summed E-state index contributed by atoms with van der Waals surface area (Å²) in [6.07, 6.45) is 5.38. The molecule has 0 spiro atoms. The zero-order valence-corrected chi connectivity index (χ0v) is 19.5. The molecule has 0 aromatic heterocycles. The Labute approximate surface area is 188 Å². The van der Waals surface area contributed by atoms with Gasteiger partial charge in [0.05, 0.1) is 17.9 Å². The van der Waals surface area contributed by atoms with Crippen LogP contribution < -0.4 is 0 Å². The molecule has 4 aliphatic carbocycles. The zero-order chi connectivity index (χ0) is 22.6. The number of aliphatic hydroxyl groups is 2. The molecule has 0 aromatic carbocycles. The van der Waals surface area contributed by atoms with E-state index in [0.29, 0.717) is 19.3 Å². The highest BCUT2D eigenvalue weighted by Gasteiger charge is 2.76. The number of carbonyl (C=O) groups excluding carboxylic acids is 1. The largest absolute Gasteiger partial charge is 0.390 e. The van der Waals surface area contributed by atoms with E-state index in [1.807, 2.05) is 34.0 Å². The van der Waals surface area contributed by atoms with Gasteiger partial charge < -0.3 is 10.2 Å². The first-order valence-corrected chi connectivity index (χ1v) is 12.0. The molecule has 3 fully saturated rings. The lowest BCUT2D eigenvalue weighted by atomic mass is 9.43. The third kappa shape index (κ3) is 2.37. The highest BCUT2D eigenvalue weighted by molar-refractivity contribution is 6.29. The summed E-state index contributed by atoms with van der Waals surface area (Å²) in [4.78, 5) is 12.8. The number of hydrazone groups is 1. The Morgan fingerprint density at radius 2 is 2.06 bits per heavy atom. The number of rotatable bonds is 2. The van der Waals surface area contributed by atoms with Crippen molar-refractivity contribution in [3.8, 4) is 0 Å². The van der Waals surface area contributed by atoms with E-state index in [9.17, 15) is 15.0 Å². The van der Waals surface area contributed by atoms with Crippen LogP contribution in [0.1, 0.15) is 52.9 Å². The lowest BCUT2D eigenvalue weighted by Gasteiger charge is -2.63. The van der Waals surface area contributed by atoms with Gasteiger partial charge in [-0.2, -0.15) is 0 Å². The molecule has 5 rings (SSSR count). The quantitative estimate of drug-likeness (QED) is 0.500. The molecular formula is C24H33ClFN2O3+. The van der Waals surface area contributed by atoms with Gasteiger partial charge in [0, 0.05) is 16.7 Å². The zero-order valence-electron chi connectivity index (χ0n) is 18.7. The van der Waals surface area contributed by atoms with Crippen LogP contribution in [-0.2, 0) is 4.79 Å². The SMILES string of the molecule is C[C@H]1C[C@H]2[C@@H]3CCC4=CC5=N[N+](C)=CC5C[C@]4(C)[C@@]3(F)[C@@H](O)C[C@]2(C)[C@@]1(O)C(=O)CCl. The molecule has 0 aromatic rings. The molecule has 7 heteroatoms. The fraction of sp³-hybridized carbons (Fsp3) is 0.792. The van der Waals surface area contributed by atoms with Gasteiger partial charge in [-0.05, 0) is 55.1 Å². The minimum Gasteiger partial charge on any atom is -0.390 e. The Balaban J connectivity index is 1.60. The number of aliphatic hydroxyl groups excluding tert-OH is 1. The molecule has 1 aliphatic heterocycles. The first-order valence-electron chi connectivity index (χ1n) is 11.5. The number of allylic oxidation sites excluding steroid dienone is 2. The van der Waals surface area contributed by atoms with E-state index in [1.54, 1.807) is 4.68 Å². The van der Waals surface area contributed by atoms with Crippen molar-refractivity contribution in [1.82, 2.24) is 0 Å². The van der Waals surface area contributed by atoms with Crippen LogP contribution in [0.5, 0.6) is 0 Å². The molecule has 2 N–H and O–H groups in total. The predicted octanol–water partition coefficient (Wildman–Crippen LogP) is 3.11. The molecule has 1 unspecified atom stereocenters. The lowest BCUT2D eigenvalue weighted by molar-refractivity contribution is -0.495. The molecule has 1 heterocycles. The molecule has 5 aliphatic rings. The Kier molecular flexibility index (Phi) is 4.54. The number of hydrogen-bond acceptors (Lipinski definition) is 4. The van der Waals surface area contributed by atoms with Crippen molar-refractivity contribution in [2.75, 3.05) is 12.9 Å². The van der Waals surface area contributed by atoms with Gasteiger partial charge in [0.1, 0.15) is 17.0 Å². The number of Topliss-reactive ketones (excluding diaryl/α,β-unsaturated/α-hetero) is 1. The molecular weight excluding hydrogens is 419 g/mol. The molecule has 3 saturated carbocycles. The van der Waals surface area contributed by atoms with E-state index in [-0.39, 0.29) is 30.1 Å². The van der Waals surface area contributed by atoms with Crippen LogP contribution in [0.4, 0.5) is 4.39 Å². The molecule has 0 amide bonds. The van der Waals surface area contributed by atoms with Crippen molar-refractivity contribution >= 4 is 29.3 Å². The Morgan fingerprint density at radius 3 is 2.74 bits per heavy atom. The van der Waals surface area contributed by atoms with Gasteiger partial charge in [-0.3, -0.25) is 4.79 Å². The molecule has 0 saturated heterocycles. The average molecular weight is 452 g/mol. The van der Waals surface area contributed by atoms with E-state index in [1.165, 1.54) is 0 Å². The van der Waals surface area contributed by atoms with Gasteiger partial charge in [0.2, 0.25) is 0 Å². The molecule has 31 heavy (non-hydrogen) atoms.